The van der Waals surface area contributed by atoms with Gasteiger partial charge in [0.25, 0.3) is 6.23 Å². The van der Waals surface area contributed by atoms with E-state index < -0.39 is 5.60 Å². The molecule has 1 aliphatic heterocycles. The number of benzene rings is 1. The summed E-state index contributed by atoms with van der Waals surface area (Å²) in [5.41, 5.74) is 2.96. The zero-order valence-corrected chi connectivity index (χ0v) is 20.3. The van der Waals surface area contributed by atoms with Gasteiger partial charge in [0.1, 0.15) is 17.0 Å². The Kier molecular flexibility index (Phi) is 8.20. The summed E-state index contributed by atoms with van der Waals surface area (Å²) in [6.45, 7) is 8.27. The van der Waals surface area contributed by atoms with Crippen LogP contribution in [0.5, 0.6) is 0 Å². The second kappa shape index (κ2) is 10.9. The molecule has 1 unspecified atom stereocenters. The number of amides is 1. The molecule has 1 aliphatic rings. The lowest BCUT2D eigenvalue weighted by atomic mass is 10.1. The smallest absolute Gasteiger partial charge is 0.410 e. The van der Waals surface area contributed by atoms with E-state index in [1.807, 2.05) is 44.6 Å². The van der Waals surface area contributed by atoms with Crippen molar-refractivity contribution in [3.63, 3.8) is 0 Å². The van der Waals surface area contributed by atoms with E-state index in [2.05, 4.69) is 21.4 Å². The second-order valence-electron chi connectivity index (χ2n) is 9.65. The molecule has 33 heavy (non-hydrogen) atoms. The van der Waals surface area contributed by atoms with Gasteiger partial charge in [-0.25, -0.2) is 4.79 Å². The topological polar surface area (TPSA) is 91.1 Å². The zero-order chi connectivity index (χ0) is 24.0. The summed E-state index contributed by atoms with van der Waals surface area (Å²) < 4.78 is 13.4. The van der Waals surface area contributed by atoms with Crippen LogP contribution in [0, 0.1) is 4.91 Å². The van der Waals surface area contributed by atoms with E-state index >= 15 is 0 Å². The van der Waals surface area contributed by atoms with Gasteiger partial charge >= 0.3 is 6.09 Å². The highest BCUT2D eigenvalue weighted by Gasteiger charge is 2.28. The quantitative estimate of drug-likeness (QED) is 0.469. The third kappa shape index (κ3) is 7.10. The molecule has 1 saturated heterocycles. The van der Waals surface area contributed by atoms with Crippen LogP contribution in [0.4, 0.5) is 10.5 Å². The van der Waals surface area contributed by atoms with Crippen molar-refractivity contribution in [2.45, 2.75) is 58.4 Å². The predicted molar refractivity (Wildman–Crippen MR) is 126 cm³/mol. The van der Waals surface area contributed by atoms with Crippen LogP contribution in [0.2, 0.25) is 0 Å². The number of likely N-dealkylation sites (N-methyl/N-ethyl adjacent to an activating group) is 2. The molecule has 2 aromatic rings. The van der Waals surface area contributed by atoms with Crippen molar-refractivity contribution >= 4 is 11.8 Å². The molecule has 1 amide bonds. The number of H-pyrrole nitrogens is 1. The second-order valence-corrected chi connectivity index (χ2v) is 9.65. The van der Waals surface area contributed by atoms with E-state index in [1.165, 1.54) is 0 Å². The third-order valence-electron chi connectivity index (χ3n) is 5.55. The highest BCUT2D eigenvalue weighted by atomic mass is 16.6. The number of nitroso groups, excluding NO2 is 1. The van der Waals surface area contributed by atoms with Gasteiger partial charge in [-0.15, -0.1) is 4.91 Å². The number of nitrogens with zero attached hydrogens (tertiary/aromatic N) is 4. The van der Waals surface area contributed by atoms with Gasteiger partial charge in [0.15, 0.2) is 0 Å². The molecule has 0 radical (unpaired) electrons. The minimum absolute atomic E-state index is 0.00854. The van der Waals surface area contributed by atoms with Crippen LogP contribution >= 0.6 is 0 Å². The Bertz CT molecular complexity index is 929. The number of ether oxygens (including phenoxy) is 2. The lowest BCUT2D eigenvalue weighted by Gasteiger charge is -2.26. The highest BCUT2D eigenvalue weighted by Crippen LogP contribution is 2.26. The summed E-state index contributed by atoms with van der Waals surface area (Å²) in [6.07, 6.45) is 4.96. The standard InChI is InChI=1S/C24H35N5O4/c1-24(2,3)33-23(30)28(5)14-13-27(4)16-19-17-29(21-8-6-7-15-32-21)25-22(19)18-9-11-20(26-31)12-10-18/h9-12,17,21H,6-8,13-16H2,1-5H3/p+1. The van der Waals surface area contributed by atoms with Gasteiger partial charge in [-0.05, 0) is 58.0 Å². The minimum atomic E-state index is -0.513. The van der Waals surface area contributed by atoms with E-state index in [0.29, 0.717) is 25.3 Å². The molecule has 0 bridgehead atoms. The Balaban J connectivity index is 1.72. The molecular weight excluding hydrogens is 422 g/mol. The number of carbonyl (C=O) groups is 1. The average Bonchev–Trinajstić information content (AvgIpc) is 3.20. The summed E-state index contributed by atoms with van der Waals surface area (Å²) in [4.78, 5) is 26.8. The van der Waals surface area contributed by atoms with Crippen LogP contribution in [0.15, 0.2) is 35.6 Å². The lowest BCUT2D eigenvalue weighted by molar-refractivity contribution is -0.810. The summed E-state index contributed by atoms with van der Waals surface area (Å²) >= 11 is 0. The Hall–Kier alpha value is -2.78. The molecule has 0 aliphatic carbocycles. The molecule has 2 heterocycles. The molecular formula is C24H36N5O4+. The maximum Gasteiger partial charge on any atom is 0.410 e. The average molecular weight is 459 g/mol. The van der Waals surface area contributed by atoms with Crippen molar-refractivity contribution in [3.8, 4) is 11.3 Å². The van der Waals surface area contributed by atoms with Gasteiger partial charge in [-0.2, -0.15) is 5.10 Å². The van der Waals surface area contributed by atoms with Crippen LogP contribution in [-0.4, -0.2) is 60.4 Å². The van der Waals surface area contributed by atoms with Crippen molar-refractivity contribution in [1.82, 2.24) is 14.9 Å². The molecule has 1 aromatic heterocycles. The predicted octanol–water partition coefficient (Wildman–Crippen LogP) is 4.36. The lowest BCUT2D eigenvalue weighted by Crippen LogP contribution is -2.43. The van der Waals surface area contributed by atoms with E-state index in [0.717, 1.165) is 42.7 Å². The molecule has 9 heteroatoms. The van der Waals surface area contributed by atoms with Crippen molar-refractivity contribution in [2.24, 2.45) is 5.18 Å². The number of hydrogen-bond acceptors (Lipinski definition) is 6. The van der Waals surface area contributed by atoms with Crippen LogP contribution in [0.25, 0.3) is 11.3 Å². The van der Waals surface area contributed by atoms with E-state index in [4.69, 9.17) is 9.47 Å². The number of carbonyl (C=O) groups excluding carboxylic acids is 1. The molecule has 1 fully saturated rings. The summed E-state index contributed by atoms with van der Waals surface area (Å²) in [6, 6.07) is 7.23. The molecule has 0 saturated carbocycles. The molecule has 1 atom stereocenters. The normalized spacial score (nSPS) is 16.6. The van der Waals surface area contributed by atoms with Crippen molar-refractivity contribution in [2.75, 3.05) is 33.8 Å². The maximum atomic E-state index is 12.2. The fraction of sp³-hybridized carbons (Fsp3) is 0.583. The van der Waals surface area contributed by atoms with Gasteiger partial charge < -0.3 is 19.3 Å². The maximum absolute atomic E-state index is 12.2. The van der Waals surface area contributed by atoms with Crippen LogP contribution in [0.1, 0.15) is 51.8 Å². The Labute approximate surface area is 195 Å². The van der Waals surface area contributed by atoms with Gasteiger partial charge in [-0.3, -0.25) is 0 Å². The molecule has 9 nitrogen and oxygen atoms in total. The summed E-state index contributed by atoms with van der Waals surface area (Å²) in [7, 11) is 3.78. The third-order valence-corrected chi connectivity index (χ3v) is 5.55. The summed E-state index contributed by atoms with van der Waals surface area (Å²) in [5, 5.41) is 6.49. The molecule has 1 N–H and O–H groups in total. The summed E-state index contributed by atoms with van der Waals surface area (Å²) in [5.74, 6) is 0. The molecule has 3 rings (SSSR count). The fourth-order valence-electron chi connectivity index (χ4n) is 3.74. The number of aromatic amines is 1. The van der Waals surface area contributed by atoms with Gasteiger partial charge in [0.2, 0.25) is 6.20 Å². The van der Waals surface area contributed by atoms with Crippen molar-refractivity contribution < 1.29 is 19.0 Å². The Morgan fingerprint density at radius 2 is 1.94 bits per heavy atom. The molecule has 180 valence electrons. The molecule has 0 spiro atoms. The van der Waals surface area contributed by atoms with Gasteiger partial charge in [0, 0.05) is 38.7 Å². The van der Waals surface area contributed by atoms with Crippen LogP contribution in [0.3, 0.4) is 0 Å². The fourth-order valence-corrected chi connectivity index (χ4v) is 3.74. The number of rotatable bonds is 8. The van der Waals surface area contributed by atoms with E-state index in [9.17, 15) is 9.70 Å². The van der Waals surface area contributed by atoms with Crippen LogP contribution < -0.4 is 4.68 Å². The number of aromatic nitrogens is 2. The number of hydrogen-bond donors (Lipinski definition) is 1. The van der Waals surface area contributed by atoms with Gasteiger partial charge in [0.05, 0.1) is 12.2 Å². The Morgan fingerprint density at radius 1 is 1.21 bits per heavy atom. The largest absolute Gasteiger partial charge is 0.444 e. The van der Waals surface area contributed by atoms with Crippen LogP contribution in [-0.2, 0) is 16.0 Å². The van der Waals surface area contributed by atoms with Gasteiger partial charge in [-0.1, -0.05) is 16.8 Å². The highest BCUT2D eigenvalue weighted by molar-refractivity contribution is 5.67. The molecule has 1 aromatic carbocycles. The first-order valence-electron chi connectivity index (χ1n) is 11.5. The first-order chi connectivity index (χ1) is 15.7. The monoisotopic (exact) mass is 458 g/mol. The SMILES string of the molecule is CN(CCN(C)C(=O)OC(C)(C)C)Cc1c[n+](C2CCCCO2)[nH]c1-c1ccc(N=O)cc1. The zero-order valence-electron chi connectivity index (χ0n) is 20.3. The van der Waals surface area contributed by atoms with Crippen molar-refractivity contribution in [3.05, 3.63) is 40.9 Å². The number of nitrogens with one attached hydrogen (secondary N) is 1. The Morgan fingerprint density at radius 3 is 2.55 bits per heavy atom. The van der Waals surface area contributed by atoms with E-state index in [1.54, 1.807) is 24.1 Å². The minimum Gasteiger partial charge on any atom is -0.444 e. The first kappa shape index (κ1) is 24.9. The van der Waals surface area contributed by atoms with E-state index in [-0.39, 0.29) is 12.3 Å². The van der Waals surface area contributed by atoms with Crippen molar-refractivity contribution in [1.29, 1.82) is 0 Å². The first-order valence-corrected chi connectivity index (χ1v) is 11.5.